The SMILES string of the molecule is Cc1cc(C)nc(NC(=NCCc2ccc(F)cc2)NC(=O)Nc2ccccc2)n1. The van der Waals surface area contributed by atoms with E-state index in [0.29, 0.717) is 24.6 Å². The highest BCUT2D eigenvalue weighted by Crippen LogP contribution is 2.07. The van der Waals surface area contributed by atoms with Gasteiger partial charge in [0.2, 0.25) is 11.9 Å². The largest absolute Gasteiger partial charge is 0.326 e. The second kappa shape index (κ2) is 10.1. The summed E-state index contributed by atoms with van der Waals surface area (Å²) in [6, 6.07) is 16.7. The van der Waals surface area contributed by atoms with Crippen LogP contribution in [0.5, 0.6) is 0 Å². The van der Waals surface area contributed by atoms with Crippen molar-refractivity contribution in [1.29, 1.82) is 0 Å². The number of halogens is 1. The second-order valence-corrected chi connectivity index (χ2v) is 6.65. The van der Waals surface area contributed by atoms with E-state index in [-0.39, 0.29) is 11.8 Å². The van der Waals surface area contributed by atoms with Crippen molar-refractivity contribution >= 4 is 23.6 Å². The van der Waals surface area contributed by atoms with Crippen molar-refractivity contribution < 1.29 is 9.18 Å². The molecule has 0 spiro atoms. The predicted octanol–water partition coefficient (Wildman–Crippen LogP) is 4.06. The van der Waals surface area contributed by atoms with Crippen LogP contribution in [0, 0.1) is 19.7 Å². The van der Waals surface area contributed by atoms with Crippen molar-refractivity contribution in [1.82, 2.24) is 15.3 Å². The zero-order valence-electron chi connectivity index (χ0n) is 16.8. The quantitative estimate of drug-likeness (QED) is 0.440. The summed E-state index contributed by atoms with van der Waals surface area (Å²) in [5, 5.41) is 8.41. The molecule has 30 heavy (non-hydrogen) atoms. The first-order valence-electron chi connectivity index (χ1n) is 9.49. The van der Waals surface area contributed by atoms with Gasteiger partial charge in [0.1, 0.15) is 5.82 Å². The van der Waals surface area contributed by atoms with E-state index in [4.69, 9.17) is 0 Å². The Morgan fingerprint density at radius 3 is 2.30 bits per heavy atom. The van der Waals surface area contributed by atoms with Gasteiger partial charge in [0.15, 0.2) is 0 Å². The van der Waals surface area contributed by atoms with Crippen LogP contribution in [0.2, 0.25) is 0 Å². The lowest BCUT2D eigenvalue weighted by Gasteiger charge is -2.12. The molecular formula is C22H23FN6O. The summed E-state index contributed by atoms with van der Waals surface area (Å²) in [6.45, 7) is 4.10. The molecule has 3 N–H and O–H groups in total. The zero-order chi connectivity index (χ0) is 21.3. The number of rotatable bonds is 5. The van der Waals surface area contributed by atoms with E-state index < -0.39 is 6.03 Å². The van der Waals surface area contributed by atoms with E-state index in [0.717, 1.165) is 17.0 Å². The lowest BCUT2D eigenvalue weighted by molar-refractivity contribution is 0.256. The van der Waals surface area contributed by atoms with Gasteiger partial charge in [-0.1, -0.05) is 30.3 Å². The molecule has 2 amide bonds. The van der Waals surface area contributed by atoms with Gasteiger partial charge in [0, 0.05) is 23.6 Å². The van der Waals surface area contributed by atoms with Crippen LogP contribution in [0.3, 0.4) is 0 Å². The molecule has 2 aromatic carbocycles. The number of nitrogens with zero attached hydrogens (tertiary/aromatic N) is 3. The Hall–Kier alpha value is -3.81. The highest BCUT2D eigenvalue weighted by molar-refractivity contribution is 6.06. The maximum atomic E-state index is 13.1. The van der Waals surface area contributed by atoms with Gasteiger partial charge in [-0.05, 0) is 56.2 Å². The number of nitrogens with one attached hydrogen (secondary N) is 3. The molecule has 0 saturated carbocycles. The number of anilines is 2. The zero-order valence-corrected chi connectivity index (χ0v) is 16.8. The van der Waals surface area contributed by atoms with Gasteiger partial charge < -0.3 is 5.32 Å². The molecule has 154 valence electrons. The number of para-hydroxylation sites is 1. The third-order valence-electron chi connectivity index (χ3n) is 4.06. The van der Waals surface area contributed by atoms with E-state index in [1.165, 1.54) is 12.1 Å². The van der Waals surface area contributed by atoms with Crippen LogP contribution in [0.1, 0.15) is 17.0 Å². The molecule has 0 fully saturated rings. The number of carbonyl (C=O) groups excluding carboxylic acids is 1. The average molecular weight is 406 g/mol. The maximum absolute atomic E-state index is 13.1. The number of urea groups is 1. The maximum Gasteiger partial charge on any atom is 0.326 e. The van der Waals surface area contributed by atoms with E-state index in [1.807, 2.05) is 38.1 Å². The Morgan fingerprint density at radius 1 is 0.967 bits per heavy atom. The molecule has 8 heteroatoms. The molecule has 0 aliphatic heterocycles. The van der Waals surface area contributed by atoms with Gasteiger partial charge in [-0.25, -0.2) is 19.2 Å². The van der Waals surface area contributed by atoms with Crippen molar-refractivity contribution in [2.45, 2.75) is 20.3 Å². The number of aryl methyl sites for hydroxylation is 2. The molecule has 1 heterocycles. The highest BCUT2D eigenvalue weighted by Gasteiger charge is 2.09. The van der Waals surface area contributed by atoms with E-state index in [2.05, 4.69) is 30.9 Å². The Morgan fingerprint density at radius 2 is 1.63 bits per heavy atom. The Bertz CT molecular complexity index is 1000. The fourth-order valence-corrected chi connectivity index (χ4v) is 2.74. The summed E-state index contributed by atoms with van der Waals surface area (Å²) >= 11 is 0. The van der Waals surface area contributed by atoms with Crippen molar-refractivity contribution in [3.05, 3.63) is 83.4 Å². The topological polar surface area (TPSA) is 91.3 Å². The molecule has 0 radical (unpaired) electrons. The van der Waals surface area contributed by atoms with Crippen molar-refractivity contribution in [2.24, 2.45) is 4.99 Å². The van der Waals surface area contributed by atoms with Gasteiger partial charge in [0.05, 0.1) is 0 Å². The monoisotopic (exact) mass is 406 g/mol. The minimum absolute atomic E-state index is 0.218. The minimum atomic E-state index is -0.446. The van der Waals surface area contributed by atoms with Gasteiger partial charge in [-0.15, -0.1) is 0 Å². The molecule has 0 unspecified atom stereocenters. The lowest BCUT2D eigenvalue weighted by Crippen LogP contribution is -2.39. The van der Waals surface area contributed by atoms with E-state index in [9.17, 15) is 9.18 Å². The molecule has 7 nitrogen and oxygen atoms in total. The Kier molecular flexibility index (Phi) is 7.05. The second-order valence-electron chi connectivity index (χ2n) is 6.65. The summed E-state index contributed by atoms with van der Waals surface area (Å²) in [7, 11) is 0. The first-order chi connectivity index (χ1) is 14.5. The van der Waals surface area contributed by atoms with Crippen molar-refractivity contribution in [3.63, 3.8) is 0 Å². The fraction of sp³-hybridized carbons (Fsp3) is 0.182. The van der Waals surface area contributed by atoms with Crippen molar-refractivity contribution in [2.75, 3.05) is 17.2 Å². The summed E-state index contributed by atoms with van der Waals surface area (Å²) in [5.41, 5.74) is 3.19. The molecule has 0 atom stereocenters. The summed E-state index contributed by atoms with van der Waals surface area (Å²) < 4.78 is 13.1. The van der Waals surface area contributed by atoms with Crippen LogP contribution in [-0.2, 0) is 6.42 Å². The van der Waals surface area contributed by atoms with Gasteiger partial charge in [-0.2, -0.15) is 0 Å². The Labute approximate surface area is 174 Å². The minimum Gasteiger partial charge on any atom is -0.308 e. The number of benzene rings is 2. The molecule has 3 aromatic rings. The summed E-state index contributed by atoms with van der Waals surface area (Å²) in [4.78, 5) is 25.5. The van der Waals surface area contributed by atoms with E-state index in [1.54, 1.807) is 24.3 Å². The normalized spacial score (nSPS) is 11.1. The molecule has 3 rings (SSSR count). The standard InChI is InChI=1S/C22H23FN6O/c1-15-14-16(2)26-21(25-15)28-20(24-13-12-17-8-10-18(23)11-9-17)29-22(30)27-19-6-4-3-5-7-19/h3-11,14H,12-13H2,1-2H3,(H3,24,25,26,27,28,29,30). The van der Waals surface area contributed by atoms with Gasteiger partial charge >= 0.3 is 6.03 Å². The molecule has 0 aliphatic rings. The third-order valence-corrected chi connectivity index (χ3v) is 4.06. The average Bonchev–Trinajstić information content (AvgIpc) is 2.69. The van der Waals surface area contributed by atoms with Crippen LogP contribution >= 0.6 is 0 Å². The fourth-order valence-electron chi connectivity index (χ4n) is 2.74. The van der Waals surface area contributed by atoms with Gasteiger partial charge in [-0.3, -0.25) is 15.6 Å². The third kappa shape index (κ3) is 6.66. The van der Waals surface area contributed by atoms with E-state index >= 15 is 0 Å². The summed E-state index contributed by atoms with van der Waals surface area (Å²) in [5.74, 6) is 0.277. The van der Waals surface area contributed by atoms with Crippen LogP contribution in [-0.4, -0.2) is 28.5 Å². The number of hydrogen-bond donors (Lipinski definition) is 3. The summed E-state index contributed by atoms with van der Waals surface area (Å²) in [6.07, 6.45) is 0.584. The smallest absolute Gasteiger partial charge is 0.308 e. The number of aliphatic imine (C=N–C) groups is 1. The number of carbonyl (C=O) groups is 1. The molecule has 0 bridgehead atoms. The number of guanidine groups is 1. The lowest BCUT2D eigenvalue weighted by atomic mass is 10.1. The highest BCUT2D eigenvalue weighted by atomic mass is 19.1. The molecular weight excluding hydrogens is 383 g/mol. The molecule has 0 saturated heterocycles. The van der Waals surface area contributed by atoms with Gasteiger partial charge in [0.25, 0.3) is 0 Å². The first-order valence-corrected chi connectivity index (χ1v) is 9.49. The van der Waals surface area contributed by atoms with Crippen LogP contribution < -0.4 is 16.0 Å². The van der Waals surface area contributed by atoms with Crippen LogP contribution in [0.25, 0.3) is 0 Å². The number of amides is 2. The molecule has 0 aliphatic carbocycles. The van der Waals surface area contributed by atoms with Crippen LogP contribution in [0.4, 0.5) is 20.8 Å². The Balaban J connectivity index is 1.71. The molecule has 1 aromatic heterocycles. The predicted molar refractivity (Wildman–Crippen MR) is 116 cm³/mol. The first kappa shape index (κ1) is 20.9. The number of aromatic nitrogens is 2. The van der Waals surface area contributed by atoms with Crippen LogP contribution in [0.15, 0.2) is 65.7 Å². The van der Waals surface area contributed by atoms with Crippen molar-refractivity contribution in [3.8, 4) is 0 Å². The number of hydrogen-bond acceptors (Lipinski definition) is 4.